The van der Waals surface area contributed by atoms with Crippen molar-refractivity contribution in [1.29, 1.82) is 0 Å². The monoisotopic (exact) mass is 349 g/mol. The summed E-state index contributed by atoms with van der Waals surface area (Å²) in [7, 11) is 0. The molecule has 1 aromatic heterocycles. The number of nitrogens with zero attached hydrogens (tertiary/aromatic N) is 1. The molecule has 1 atom stereocenters. The SMILES string of the molecule is Cc1nc(CCC(C)CC(C)C)ccc1-c1ccc(Cl)cc1Cl. The van der Waals surface area contributed by atoms with Gasteiger partial charge in [0.2, 0.25) is 0 Å². The topological polar surface area (TPSA) is 12.9 Å². The van der Waals surface area contributed by atoms with Gasteiger partial charge in [0.1, 0.15) is 0 Å². The third-order valence-corrected chi connectivity index (χ3v) is 4.68. The third kappa shape index (κ3) is 5.22. The van der Waals surface area contributed by atoms with Crippen molar-refractivity contribution >= 4 is 23.2 Å². The zero-order valence-electron chi connectivity index (χ0n) is 14.4. The van der Waals surface area contributed by atoms with Crippen molar-refractivity contribution in [2.45, 2.75) is 47.0 Å². The number of benzene rings is 1. The van der Waals surface area contributed by atoms with Crippen LogP contribution in [-0.2, 0) is 6.42 Å². The fourth-order valence-corrected chi connectivity index (χ4v) is 3.57. The van der Waals surface area contributed by atoms with Crippen molar-refractivity contribution in [3.8, 4) is 11.1 Å². The molecule has 1 aromatic carbocycles. The van der Waals surface area contributed by atoms with E-state index in [2.05, 4.69) is 32.9 Å². The van der Waals surface area contributed by atoms with Gasteiger partial charge in [-0.25, -0.2) is 0 Å². The summed E-state index contributed by atoms with van der Waals surface area (Å²) >= 11 is 12.3. The van der Waals surface area contributed by atoms with Crippen molar-refractivity contribution in [3.63, 3.8) is 0 Å². The molecule has 0 fully saturated rings. The minimum Gasteiger partial charge on any atom is -0.258 e. The van der Waals surface area contributed by atoms with Gasteiger partial charge in [-0.1, -0.05) is 56.1 Å². The van der Waals surface area contributed by atoms with Crippen LogP contribution in [0, 0.1) is 18.8 Å². The highest BCUT2D eigenvalue weighted by Gasteiger charge is 2.10. The molecule has 0 bridgehead atoms. The predicted octanol–water partition coefficient (Wildman–Crippen LogP) is 6.98. The molecule has 0 aliphatic rings. The molecule has 0 radical (unpaired) electrons. The lowest BCUT2D eigenvalue weighted by molar-refractivity contribution is 0.414. The Morgan fingerprint density at radius 1 is 1.00 bits per heavy atom. The molecule has 2 rings (SSSR count). The Hall–Kier alpha value is -1.05. The first kappa shape index (κ1) is 18.3. The number of aromatic nitrogens is 1. The highest BCUT2D eigenvalue weighted by atomic mass is 35.5. The Morgan fingerprint density at radius 2 is 1.70 bits per heavy atom. The molecule has 1 heterocycles. The first-order chi connectivity index (χ1) is 10.9. The predicted molar refractivity (Wildman–Crippen MR) is 101 cm³/mol. The van der Waals surface area contributed by atoms with E-state index < -0.39 is 0 Å². The minimum absolute atomic E-state index is 0.653. The van der Waals surface area contributed by atoms with Gasteiger partial charge >= 0.3 is 0 Å². The molecular formula is C20H25Cl2N. The molecule has 0 spiro atoms. The van der Waals surface area contributed by atoms with Crippen molar-refractivity contribution in [2.24, 2.45) is 11.8 Å². The van der Waals surface area contributed by atoms with Gasteiger partial charge in [-0.3, -0.25) is 4.98 Å². The van der Waals surface area contributed by atoms with Crippen LogP contribution in [0.15, 0.2) is 30.3 Å². The normalized spacial score (nSPS) is 12.7. The molecule has 0 saturated carbocycles. The summed E-state index contributed by atoms with van der Waals surface area (Å²) in [5.74, 6) is 1.50. The summed E-state index contributed by atoms with van der Waals surface area (Å²) in [6.45, 7) is 8.93. The van der Waals surface area contributed by atoms with E-state index >= 15 is 0 Å². The molecule has 124 valence electrons. The van der Waals surface area contributed by atoms with Crippen molar-refractivity contribution < 1.29 is 0 Å². The maximum atomic E-state index is 6.31. The zero-order valence-corrected chi connectivity index (χ0v) is 15.9. The molecule has 23 heavy (non-hydrogen) atoms. The molecule has 0 N–H and O–H groups in total. The van der Waals surface area contributed by atoms with Crippen LogP contribution in [0.2, 0.25) is 10.0 Å². The molecule has 1 unspecified atom stereocenters. The van der Waals surface area contributed by atoms with Crippen molar-refractivity contribution in [1.82, 2.24) is 4.98 Å². The second-order valence-electron chi connectivity index (χ2n) is 6.83. The molecule has 2 aromatic rings. The van der Waals surface area contributed by atoms with Gasteiger partial charge in [0.15, 0.2) is 0 Å². The second kappa shape index (κ2) is 8.17. The highest BCUT2D eigenvalue weighted by molar-refractivity contribution is 6.36. The summed E-state index contributed by atoms with van der Waals surface area (Å²) in [4.78, 5) is 4.77. The number of aryl methyl sites for hydroxylation is 2. The quantitative estimate of drug-likeness (QED) is 0.548. The lowest BCUT2D eigenvalue weighted by Gasteiger charge is -2.14. The van der Waals surface area contributed by atoms with Gasteiger partial charge in [0, 0.05) is 32.6 Å². The van der Waals surface area contributed by atoms with E-state index in [1.165, 1.54) is 12.8 Å². The second-order valence-corrected chi connectivity index (χ2v) is 7.68. The molecule has 0 amide bonds. The number of rotatable bonds is 6. The molecule has 0 aliphatic carbocycles. The maximum Gasteiger partial charge on any atom is 0.0499 e. The third-order valence-electron chi connectivity index (χ3n) is 4.13. The first-order valence-electron chi connectivity index (χ1n) is 8.28. The molecular weight excluding hydrogens is 325 g/mol. The molecule has 1 nitrogen and oxygen atoms in total. The van der Waals surface area contributed by atoms with Gasteiger partial charge < -0.3 is 0 Å². The Balaban J connectivity index is 2.12. The largest absolute Gasteiger partial charge is 0.258 e. The van der Waals surface area contributed by atoms with Crippen LogP contribution in [0.3, 0.4) is 0 Å². The standard InChI is InChI=1S/C20H25Cl2N/c1-13(2)11-14(3)5-7-17-8-10-18(15(4)23-17)19-9-6-16(21)12-20(19)22/h6,8-10,12-14H,5,7,11H2,1-4H3. The van der Waals surface area contributed by atoms with Crippen LogP contribution < -0.4 is 0 Å². The van der Waals surface area contributed by atoms with Gasteiger partial charge in [-0.05, 0) is 56.2 Å². The summed E-state index contributed by atoms with van der Waals surface area (Å²) in [6, 6.07) is 9.84. The van der Waals surface area contributed by atoms with Crippen LogP contribution in [0.1, 0.15) is 45.0 Å². The van der Waals surface area contributed by atoms with E-state index in [0.717, 1.165) is 40.8 Å². The average molecular weight is 350 g/mol. The van der Waals surface area contributed by atoms with Crippen LogP contribution in [0.5, 0.6) is 0 Å². The van der Waals surface area contributed by atoms with Gasteiger partial charge in [-0.2, -0.15) is 0 Å². The summed E-state index contributed by atoms with van der Waals surface area (Å²) in [5.41, 5.74) is 4.24. The fourth-order valence-electron chi connectivity index (χ4n) is 3.06. The highest BCUT2D eigenvalue weighted by Crippen LogP contribution is 2.32. The van der Waals surface area contributed by atoms with Gasteiger partial charge in [0.25, 0.3) is 0 Å². The fraction of sp³-hybridized carbons (Fsp3) is 0.450. The maximum absolute atomic E-state index is 6.31. The van der Waals surface area contributed by atoms with Gasteiger partial charge in [-0.15, -0.1) is 0 Å². The number of hydrogen-bond acceptors (Lipinski definition) is 1. The number of hydrogen-bond donors (Lipinski definition) is 0. The Labute approximate surface area is 150 Å². The smallest absolute Gasteiger partial charge is 0.0499 e. The van der Waals surface area contributed by atoms with E-state index in [0.29, 0.717) is 10.0 Å². The Morgan fingerprint density at radius 3 is 2.30 bits per heavy atom. The lowest BCUT2D eigenvalue weighted by atomic mass is 9.94. The zero-order chi connectivity index (χ0) is 17.0. The van der Waals surface area contributed by atoms with Crippen LogP contribution in [0.4, 0.5) is 0 Å². The minimum atomic E-state index is 0.653. The number of halogens is 2. The Kier molecular flexibility index (Phi) is 6.50. The summed E-state index contributed by atoms with van der Waals surface area (Å²) in [5, 5.41) is 1.32. The average Bonchev–Trinajstić information content (AvgIpc) is 2.45. The molecule has 0 saturated heterocycles. The molecule has 3 heteroatoms. The summed E-state index contributed by atoms with van der Waals surface area (Å²) in [6.07, 6.45) is 3.49. The van der Waals surface area contributed by atoms with Crippen LogP contribution in [-0.4, -0.2) is 4.98 Å². The first-order valence-corrected chi connectivity index (χ1v) is 9.04. The van der Waals surface area contributed by atoms with E-state index in [4.69, 9.17) is 28.2 Å². The van der Waals surface area contributed by atoms with E-state index in [1.54, 1.807) is 6.07 Å². The molecule has 0 aliphatic heterocycles. The van der Waals surface area contributed by atoms with Gasteiger partial charge in [0.05, 0.1) is 0 Å². The van der Waals surface area contributed by atoms with Crippen LogP contribution >= 0.6 is 23.2 Å². The van der Waals surface area contributed by atoms with E-state index in [-0.39, 0.29) is 0 Å². The van der Waals surface area contributed by atoms with E-state index in [1.807, 2.05) is 19.1 Å². The van der Waals surface area contributed by atoms with E-state index in [9.17, 15) is 0 Å². The number of pyridine rings is 1. The Bertz CT molecular complexity index is 665. The lowest BCUT2D eigenvalue weighted by Crippen LogP contribution is -2.03. The van der Waals surface area contributed by atoms with Crippen molar-refractivity contribution in [2.75, 3.05) is 0 Å². The van der Waals surface area contributed by atoms with Crippen molar-refractivity contribution in [3.05, 3.63) is 51.8 Å². The van der Waals surface area contributed by atoms with Crippen LogP contribution in [0.25, 0.3) is 11.1 Å². The summed E-state index contributed by atoms with van der Waals surface area (Å²) < 4.78 is 0.